The average molecular weight is 388 g/mol. The highest BCUT2D eigenvalue weighted by atomic mass is 35.5. The van der Waals surface area contributed by atoms with Gasteiger partial charge < -0.3 is 15.0 Å². The quantitative estimate of drug-likeness (QED) is 0.731. The van der Waals surface area contributed by atoms with Crippen LogP contribution in [0.5, 0.6) is 5.75 Å². The molecule has 0 aliphatic carbocycles. The molecule has 0 bridgehead atoms. The van der Waals surface area contributed by atoms with E-state index in [1.54, 1.807) is 25.3 Å². The molecule has 4 rings (SSSR count). The highest BCUT2D eigenvalue weighted by Crippen LogP contribution is 2.28. The fourth-order valence-corrected chi connectivity index (χ4v) is 3.43. The smallest absolute Gasteiger partial charge is 0.227 e. The van der Waals surface area contributed by atoms with Crippen molar-refractivity contribution in [1.82, 2.24) is 25.3 Å². The van der Waals surface area contributed by atoms with Crippen LogP contribution in [-0.2, 0) is 4.79 Å². The molecule has 27 heavy (non-hydrogen) atoms. The number of carbonyl (C=O) groups excluding carboxylic acids is 1. The average Bonchev–Trinajstić information content (AvgIpc) is 3.16. The molecule has 10 heteroatoms. The molecule has 0 atom stereocenters. The van der Waals surface area contributed by atoms with Crippen LogP contribution < -0.4 is 15.0 Å². The lowest BCUT2D eigenvalue weighted by Gasteiger charge is -2.31. The lowest BCUT2D eigenvalue weighted by Crippen LogP contribution is -2.38. The maximum Gasteiger partial charge on any atom is 0.227 e. The molecule has 1 aliphatic heterocycles. The Morgan fingerprint density at radius 3 is 2.81 bits per heavy atom. The van der Waals surface area contributed by atoms with Gasteiger partial charge in [-0.15, -0.1) is 14.8 Å². The summed E-state index contributed by atoms with van der Waals surface area (Å²) < 4.78 is 6.53. The van der Waals surface area contributed by atoms with Crippen molar-refractivity contribution in [3.05, 3.63) is 35.4 Å². The van der Waals surface area contributed by atoms with Crippen LogP contribution in [0.25, 0.3) is 5.65 Å². The van der Waals surface area contributed by atoms with E-state index in [2.05, 4.69) is 30.8 Å². The zero-order valence-corrected chi connectivity index (χ0v) is 15.4. The number of nitrogens with one attached hydrogen (secondary N) is 1. The van der Waals surface area contributed by atoms with Gasteiger partial charge in [0.1, 0.15) is 5.75 Å². The summed E-state index contributed by atoms with van der Waals surface area (Å²) in [4.78, 5) is 14.7. The normalized spacial score (nSPS) is 15.1. The number of ether oxygens (including phenoxy) is 1. The number of hydrogen-bond acceptors (Lipinski definition) is 7. The maximum absolute atomic E-state index is 12.6. The molecule has 0 saturated carbocycles. The first kappa shape index (κ1) is 17.5. The van der Waals surface area contributed by atoms with E-state index in [-0.39, 0.29) is 11.8 Å². The predicted octanol–water partition coefficient (Wildman–Crippen LogP) is 2.04. The lowest BCUT2D eigenvalue weighted by molar-refractivity contribution is -0.120. The number of methoxy groups -OCH3 is 1. The molecule has 0 radical (unpaired) electrons. The molecule has 1 aromatic carbocycles. The van der Waals surface area contributed by atoms with Gasteiger partial charge in [-0.1, -0.05) is 11.6 Å². The molecule has 3 heterocycles. The van der Waals surface area contributed by atoms with Gasteiger partial charge in [-0.3, -0.25) is 4.79 Å². The summed E-state index contributed by atoms with van der Waals surface area (Å²) in [5.74, 6) is 1.32. The number of aromatic nitrogens is 5. The van der Waals surface area contributed by atoms with Crippen molar-refractivity contribution in [1.29, 1.82) is 0 Å². The van der Waals surface area contributed by atoms with Crippen molar-refractivity contribution in [2.75, 3.05) is 30.4 Å². The topological polar surface area (TPSA) is 97.5 Å². The number of nitrogens with zero attached hydrogens (tertiary/aromatic N) is 6. The van der Waals surface area contributed by atoms with Gasteiger partial charge in [0, 0.05) is 24.7 Å². The van der Waals surface area contributed by atoms with Crippen molar-refractivity contribution < 1.29 is 9.53 Å². The molecular weight excluding hydrogens is 370 g/mol. The third kappa shape index (κ3) is 3.63. The Hall–Kier alpha value is -2.94. The van der Waals surface area contributed by atoms with E-state index in [1.165, 1.54) is 4.63 Å². The Morgan fingerprint density at radius 2 is 2.07 bits per heavy atom. The van der Waals surface area contributed by atoms with Gasteiger partial charge >= 0.3 is 0 Å². The number of tetrazole rings is 1. The Labute approximate surface area is 160 Å². The van der Waals surface area contributed by atoms with Gasteiger partial charge in [0.2, 0.25) is 5.91 Å². The molecule has 9 nitrogen and oxygen atoms in total. The number of carbonyl (C=O) groups is 1. The first-order valence-corrected chi connectivity index (χ1v) is 8.96. The minimum Gasteiger partial charge on any atom is -0.495 e. The minimum absolute atomic E-state index is 0.000212. The molecule has 1 fully saturated rings. The molecule has 0 spiro atoms. The molecule has 1 saturated heterocycles. The highest BCUT2D eigenvalue weighted by molar-refractivity contribution is 6.32. The number of hydrogen-bond donors (Lipinski definition) is 1. The van der Waals surface area contributed by atoms with Crippen molar-refractivity contribution in [2.45, 2.75) is 12.8 Å². The Balaban J connectivity index is 1.36. The number of anilines is 2. The number of amides is 1. The van der Waals surface area contributed by atoms with E-state index in [0.717, 1.165) is 31.7 Å². The predicted molar refractivity (Wildman–Crippen MR) is 100 cm³/mol. The van der Waals surface area contributed by atoms with Crippen LogP contribution in [-0.4, -0.2) is 51.4 Å². The number of piperidine rings is 1. The second-order valence-corrected chi connectivity index (χ2v) is 6.73. The van der Waals surface area contributed by atoms with Gasteiger partial charge in [0.05, 0.1) is 12.1 Å². The van der Waals surface area contributed by atoms with Crippen molar-refractivity contribution >= 4 is 34.7 Å². The van der Waals surface area contributed by atoms with Crippen molar-refractivity contribution in [2.24, 2.45) is 5.92 Å². The molecule has 0 unspecified atom stereocenters. The molecule has 1 aliphatic rings. The van der Waals surface area contributed by atoms with Gasteiger partial charge in [-0.25, -0.2) is 0 Å². The standard InChI is InChI=1S/C17H18ClN7O2/c1-27-14-3-2-12(10-13(14)18)19-17(26)11-6-8-24(9-7-11)16-5-4-15-20-22-23-25(15)21-16/h2-5,10-11H,6-9H2,1H3,(H,19,26). The summed E-state index contributed by atoms with van der Waals surface area (Å²) in [6.07, 6.45) is 1.48. The van der Waals surface area contributed by atoms with Crippen LogP contribution in [0.1, 0.15) is 12.8 Å². The fraction of sp³-hybridized carbons (Fsp3) is 0.353. The number of benzene rings is 1. The second-order valence-electron chi connectivity index (χ2n) is 6.32. The first-order valence-electron chi connectivity index (χ1n) is 8.59. The number of rotatable bonds is 4. The van der Waals surface area contributed by atoms with Crippen LogP contribution in [0.2, 0.25) is 5.02 Å². The molecule has 1 N–H and O–H groups in total. The van der Waals surface area contributed by atoms with Gasteiger partial charge in [0.15, 0.2) is 11.5 Å². The van der Waals surface area contributed by atoms with Crippen LogP contribution in [0, 0.1) is 5.92 Å². The molecule has 2 aromatic heterocycles. The van der Waals surface area contributed by atoms with E-state index in [0.29, 0.717) is 22.1 Å². The van der Waals surface area contributed by atoms with Crippen LogP contribution >= 0.6 is 11.6 Å². The summed E-state index contributed by atoms with van der Waals surface area (Å²) in [6.45, 7) is 1.48. The minimum atomic E-state index is -0.0566. The molecular formula is C17H18ClN7O2. The lowest BCUT2D eigenvalue weighted by atomic mass is 9.96. The Bertz CT molecular complexity index is 969. The number of halogens is 1. The van der Waals surface area contributed by atoms with E-state index < -0.39 is 0 Å². The van der Waals surface area contributed by atoms with Crippen LogP contribution in [0.3, 0.4) is 0 Å². The maximum atomic E-state index is 12.6. The molecule has 140 valence electrons. The Kier molecular flexibility index (Phi) is 4.76. The highest BCUT2D eigenvalue weighted by Gasteiger charge is 2.26. The summed E-state index contributed by atoms with van der Waals surface area (Å²) in [5, 5.41) is 19.1. The summed E-state index contributed by atoms with van der Waals surface area (Å²) in [5.41, 5.74) is 1.27. The number of fused-ring (bicyclic) bond motifs is 1. The first-order chi connectivity index (χ1) is 13.1. The SMILES string of the molecule is COc1ccc(NC(=O)C2CCN(c3ccc4nnnn4n3)CC2)cc1Cl. The zero-order chi connectivity index (χ0) is 18.8. The van der Waals surface area contributed by atoms with E-state index >= 15 is 0 Å². The monoisotopic (exact) mass is 387 g/mol. The van der Waals surface area contributed by atoms with Crippen molar-refractivity contribution in [3.63, 3.8) is 0 Å². The summed E-state index contributed by atoms with van der Waals surface area (Å²) in [7, 11) is 1.55. The summed E-state index contributed by atoms with van der Waals surface area (Å²) >= 11 is 6.11. The largest absolute Gasteiger partial charge is 0.495 e. The van der Waals surface area contributed by atoms with Crippen LogP contribution in [0.4, 0.5) is 11.5 Å². The van der Waals surface area contributed by atoms with E-state index in [4.69, 9.17) is 16.3 Å². The van der Waals surface area contributed by atoms with Gasteiger partial charge in [-0.2, -0.15) is 0 Å². The third-order valence-electron chi connectivity index (χ3n) is 4.66. The fourth-order valence-electron chi connectivity index (χ4n) is 3.17. The van der Waals surface area contributed by atoms with Crippen molar-refractivity contribution in [3.8, 4) is 5.75 Å². The summed E-state index contributed by atoms with van der Waals surface area (Å²) in [6, 6.07) is 8.93. The third-order valence-corrected chi connectivity index (χ3v) is 4.96. The van der Waals surface area contributed by atoms with Crippen LogP contribution in [0.15, 0.2) is 30.3 Å². The molecule has 3 aromatic rings. The molecule has 1 amide bonds. The van der Waals surface area contributed by atoms with E-state index in [9.17, 15) is 4.79 Å². The van der Waals surface area contributed by atoms with Gasteiger partial charge in [0.25, 0.3) is 0 Å². The van der Waals surface area contributed by atoms with E-state index in [1.807, 2.05) is 12.1 Å². The van der Waals surface area contributed by atoms with Gasteiger partial charge in [-0.05, 0) is 53.6 Å². The second kappa shape index (κ2) is 7.36. The zero-order valence-electron chi connectivity index (χ0n) is 14.7. The Morgan fingerprint density at radius 1 is 1.26 bits per heavy atom.